The quantitative estimate of drug-likeness (QED) is 0.331. The van der Waals surface area contributed by atoms with Crippen molar-refractivity contribution in [2.45, 2.75) is 0 Å². The van der Waals surface area contributed by atoms with Crippen molar-refractivity contribution in [1.29, 1.82) is 0 Å². The highest BCUT2D eigenvalue weighted by molar-refractivity contribution is 7.80. The molecule has 162 valence electrons. The molecule has 1 aliphatic rings. The molecule has 2 aromatic carbocycles. The van der Waals surface area contributed by atoms with Gasteiger partial charge in [0.05, 0.1) is 15.7 Å². The highest BCUT2D eigenvalue weighted by atomic mass is 35.5. The number of hydrogen-bond donors (Lipinski definition) is 1. The van der Waals surface area contributed by atoms with E-state index in [-0.39, 0.29) is 20.7 Å². The third-order valence-electron chi connectivity index (χ3n) is 4.99. The Morgan fingerprint density at radius 1 is 1.00 bits per heavy atom. The van der Waals surface area contributed by atoms with Gasteiger partial charge in [-0.2, -0.15) is 0 Å². The summed E-state index contributed by atoms with van der Waals surface area (Å²) in [7, 11) is 3.94. The molecule has 6 nitrogen and oxygen atoms in total. The zero-order valence-corrected chi connectivity index (χ0v) is 19.5. The zero-order valence-electron chi connectivity index (χ0n) is 17.2. The van der Waals surface area contributed by atoms with Crippen molar-refractivity contribution in [1.82, 2.24) is 9.88 Å². The van der Waals surface area contributed by atoms with Crippen LogP contribution in [0.2, 0.25) is 10.0 Å². The Morgan fingerprint density at radius 2 is 1.72 bits per heavy atom. The van der Waals surface area contributed by atoms with Crippen LogP contribution in [0.4, 0.5) is 11.4 Å². The molecule has 2 heterocycles. The van der Waals surface area contributed by atoms with Crippen LogP contribution in [0.3, 0.4) is 0 Å². The minimum absolute atomic E-state index is 0.0593. The lowest BCUT2D eigenvalue weighted by Crippen LogP contribution is -2.54. The lowest BCUT2D eigenvalue weighted by atomic mass is 10.1. The van der Waals surface area contributed by atoms with E-state index in [4.69, 9.17) is 35.4 Å². The maximum atomic E-state index is 13.3. The number of hydrogen-bond acceptors (Lipinski definition) is 4. The lowest BCUT2D eigenvalue weighted by molar-refractivity contribution is -0.122. The van der Waals surface area contributed by atoms with Crippen molar-refractivity contribution in [3.05, 3.63) is 82.1 Å². The Morgan fingerprint density at radius 3 is 2.41 bits per heavy atom. The first-order valence-corrected chi connectivity index (χ1v) is 10.7. The van der Waals surface area contributed by atoms with Crippen LogP contribution in [0.15, 0.2) is 66.4 Å². The first kappa shape index (κ1) is 22.1. The van der Waals surface area contributed by atoms with E-state index in [1.807, 2.05) is 66.2 Å². The second-order valence-electron chi connectivity index (χ2n) is 7.24. The fourth-order valence-corrected chi connectivity index (χ4v) is 4.00. The van der Waals surface area contributed by atoms with Crippen molar-refractivity contribution in [3.63, 3.8) is 0 Å². The molecule has 2 amide bonds. The Kier molecular flexibility index (Phi) is 6.06. The van der Waals surface area contributed by atoms with E-state index in [2.05, 4.69) is 5.32 Å². The van der Waals surface area contributed by atoms with Crippen molar-refractivity contribution in [3.8, 4) is 5.69 Å². The van der Waals surface area contributed by atoms with Crippen LogP contribution < -0.4 is 15.1 Å². The maximum Gasteiger partial charge on any atom is 0.270 e. The minimum atomic E-state index is -0.585. The number of nitrogens with one attached hydrogen (secondary N) is 1. The predicted octanol–water partition coefficient (Wildman–Crippen LogP) is 4.68. The van der Waals surface area contributed by atoms with Crippen LogP contribution in [0.25, 0.3) is 11.8 Å². The topological polar surface area (TPSA) is 57.6 Å². The fraction of sp³-hybridized carbons (Fsp3) is 0.0870. The molecule has 0 bridgehead atoms. The largest absolute Gasteiger partial charge is 0.378 e. The molecule has 0 atom stereocenters. The number of carbonyl (C=O) groups excluding carboxylic acids is 2. The normalized spacial score (nSPS) is 15.3. The van der Waals surface area contributed by atoms with Crippen LogP contribution in [-0.2, 0) is 9.59 Å². The standard InChI is InChI=1S/C23H18Cl2N4O2S/c1-27(2)14-8-10-15(11-9-14)28-12-4-5-16(28)13-17-21(30)26-23(32)29(22(17)31)19-7-3-6-18(24)20(19)25/h3-13H,1-2H3,(H,26,30,32)/b17-13+. The fourth-order valence-electron chi connectivity index (χ4n) is 3.35. The van der Waals surface area contributed by atoms with Gasteiger partial charge in [0.2, 0.25) is 0 Å². The van der Waals surface area contributed by atoms with Gasteiger partial charge in [-0.15, -0.1) is 0 Å². The number of benzene rings is 2. The highest BCUT2D eigenvalue weighted by Gasteiger charge is 2.35. The number of carbonyl (C=O) groups is 2. The van der Waals surface area contributed by atoms with E-state index in [1.165, 1.54) is 11.0 Å². The summed E-state index contributed by atoms with van der Waals surface area (Å²) in [6.07, 6.45) is 3.39. The molecule has 0 spiro atoms. The van der Waals surface area contributed by atoms with Crippen LogP contribution in [0.1, 0.15) is 5.69 Å². The second kappa shape index (κ2) is 8.78. The first-order valence-electron chi connectivity index (χ1n) is 9.58. The van der Waals surface area contributed by atoms with Gasteiger partial charge in [0, 0.05) is 37.4 Å². The zero-order chi connectivity index (χ0) is 23.0. The number of amides is 2. The van der Waals surface area contributed by atoms with Crippen LogP contribution in [-0.4, -0.2) is 35.6 Å². The molecule has 1 aromatic heterocycles. The molecule has 9 heteroatoms. The highest BCUT2D eigenvalue weighted by Crippen LogP contribution is 2.34. The summed E-state index contributed by atoms with van der Waals surface area (Å²) < 4.78 is 1.89. The molecule has 3 aromatic rings. The van der Waals surface area contributed by atoms with Crippen LogP contribution in [0, 0.1) is 0 Å². The van der Waals surface area contributed by atoms with Gasteiger partial charge < -0.3 is 9.47 Å². The third-order valence-corrected chi connectivity index (χ3v) is 6.08. The molecule has 0 saturated carbocycles. The average molecular weight is 485 g/mol. The molecule has 0 radical (unpaired) electrons. The number of halogens is 2. The number of nitrogens with zero attached hydrogens (tertiary/aromatic N) is 3. The van der Waals surface area contributed by atoms with Crippen LogP contribution >= 0.6 is 35.4 Å². The Bertz CT molecular complexity index is 1270. The van der Waals surface area contributed by atoms with Gasteiger partial charge in [0.25, 0.3) is 11.8 Å². The molecule has 0 aliphatic carbocycles. The molecule has 4 rings (SSSR count). The summed E-state index contributed by atoms with van der Waals surface area (Å²) in [4.78, 5) is 29.1. The third kappa shape index (κ3) is 4.02. The van der Waals surface area contributed by atoms with Crippen molar-refractivity contribution in [2.75, 3.05) is 23.9 Å². The van der Waals surface area contributed by atoms with Gasteiger partial charge in [-0.3, -0.25) is 19.8 Å². The summed E-state index contributed by atoms with van der Waals surface area (Å²) in [6.45, 7) is 0. The summed E-state index contributed by atoms with van der Waals surface area (Å²) in [5, 5.41) is 2.95. The predicted molar refractivity (Wildman–Crippen MR) is 133 cm³/mol. The van der Waals surface area contributed by atoms with E-state index in [9.17, 15) is 9.59 Å². The molecule has 32 heavy (non-hydrogen) atoms. The Labute approximate surface area is 200 Å². The lowest BCUT2D eigenvalue weighted by Gasteiger charge is -2.29. The Balaban J connectivity index is 1.74. The molecule has 1 saturated heterocycles. The molecule has 1 N–H and O–H groups in total. The van der Waals surface area contributed by atoms with E-state index in [1.54, 1.807) is 18.2 Å². The smallest absolute Gasteiger partial charge is 0.270 e. The van der Waals surface area contributed by atoms with Gasteiger partial charge in [-0.05, 0) is 66.8 Å². The van der Waals surface area contributed by atoms with E-state index >= 15 is 0 Å². The van der Waals surface area contributed by atoms with Crippen LogP contribution in [0.5, 0.6) is 0 Å². The van der Waals surface area contributed by atoms with Gasteiger partial charge in [0.1, 0.15) is 5.57 Å². The molecule has 0 unspecified atom stereocenters. The van der Waals surface area contributed by atoms with Crippen molar-refractivity contribution in [2.24, 2.45) is 0 Å². The number of thiocarbonyl (C=S) groups is 1. The summed E-state index contributed by atoms with van der Waals surface area (Å²) >= 11 is 17.6. The van der Waals surface area contributed by atoms with Gasteiger partial charge in [0.15, 0.2) is 5.11 Å². The van der Waals surface area contributed by atoms with Gasteiger partial charge in [-0.1, -0.05) is 29.3 Å². The SMILES string of the molecule is CN(C)c1ccc(-n2cccc2/C=C2\C(=O)NC(=S)N(c3cccc(Cl)c3Cl)C2=O)cc1. The molecule has 1 aliphatic heterocycles. The number of aromatic nitrogens is 1. The number of anilines is 2. The molecular formula is C23H18Cl2N4O2S. The molecule has 1 fully saturated rings. The molecular weight excluding hydrogens is 467 g/mol. The first-order chi connectivity index (χ1) is 15.3. The summed E-state index contributed by atoms with van der Waals surface area (Å²) in [6, 6.07) is 16.4. The Hall–Kier alpha value is -3.13. The average Bonchev–Trinajstić information content (AvgIpc) is 3.22. The van der Waals surface area contributed by atoms with Crippen molar-refractivity contribution >= 4 is 69.8 Å². The summed E-state index contributed by atoms with van der Waals surface area (Å²) in [5.41, 5.74) is 2.84. The maximum absolute atomic E-state index is 13.3. The summed E-state index contributed by atoms with van der Waals surface area (Å²) in [5.74, 6) is -1.16. The monoisotopic (exact) mass is 484 g/mol. The van der Waals surface area contributed by atoms with Crippen molar-refractivity contribution < 1.29 is 9.59 Å². The van der Waals surface area contributed by atoms with Gasteiger partial charge >= 0.3 is 0 Å². The van der Waals surface area contributed by atoms with Gasteiger partial charge in [-0.25, -0.2) is 0 Å². The number of rotatable bonds is 4. The van der Waals surface area contributed by atoms with E-state index in [0.29, 0.717) is 11.4 Å². The minimum Gasteiger partial charge on any atom is -0.378 e. The van der Waals surface area contributed by atoms with E-state index < -0.39 is 11.8 Å². The second-order valence-corrected chi connectivity index (χ2v) is 8.42. The van der Waals surface area contributed by atoms with E-state index in [0.717, 1.165) is 11.4 Å².